The number of aliphatic imine (C=N–C) groups is 1. The molecule has 0 aliphatic carbocycles. The van der Waals surface area contributed by atoms with Crippen molar-refractivity contribution in [3.05, 3.63) is 78.9 Å². The van der Waals surface area contributed by atoms with E-state index in [4.69, 9.17) is 12.2 Å². The highest BCUT2D eigenvalue weighted by atomic mass is 32.1. The predicted molar refractivity (Wildman–Crippen MR) is 92.0 cm³/mol. The van der Waals surface area contributed by atoms with E-state index in [2.05, 4.69) is 46.6 Å². The van der Waals surface area contributed by atoms with E-state index in [9.17, 15) is 0 Å². The third-order valence-corrected chi connectivity index (χ3v) is 3.46. The van der Waals surface area contributed by atoms with Gasteiger partial charge >= 0.3 is 0 Å². The Morgan fingerprint density at radius 3 is 1.90 bits per heavy atom. The van der Waals surface area contributed by atoms with Gasteiger partial charge in [-0.15, -0.1) is 0 Å². The topological polar surface area (TPSA) is 12.4 Å². The molecule has 0 saturated heterocycles. The second kappa shape index (κ2) is 6.27. The molecule has 0 aliphatic rings. The molecule has 3 aromatic carbocycles. The van der Waals surface area contributed by atoms with Gasteiger partial charge in [0.05, 0.1) is 10.8 Å². The highest BCUT2D eigenvalue weighted by molar-refractivity contribution is 7.78. The number of hydrogen-bond acceptors (Lipinski definition) is 2. The maximum atomic E-state index is 4.75. The Hall–Kier alpha value is -2.54. The van der Waals surface area contributed by atoms with Gasteiger partial charge in [0.1, 0.15) is 0 Å². The van der Waals surface area contributed by atoms with Crippen molar-refractivity contribution in [3.63, 3.8) is 0 Å². The smallest absolute Gasteiger partial charge is 0.0818 e. The highest BCUT2D eigenvalue weighted by Gasteiger charge is 2.09. The summed E-state index contributed by atoms with van der Waals surface area (Å²) in [6.07, 6.45) is 0. The Morgan fingerprint density at radius 1 is 0.619 bits per heavy atom. The molecule has 2 heteroatoms. The summed E-state index contributed by atoms with van der Waals surface area (Å²) in [6, 6.07) is 26.7. The number of rotatable bonds is 3. The van der Waals surface area contributed by atoms with E-state index in [0.717, 1.165) is 16.8 Å². The van der Waals surface area contributed by atoms with E-state index in [1.165, 1.54) is 11.1 Å². The fraction of sp³-hybridized carbons (Fsp3) is 0. The second-order valence-corrected chi connectivity index (χ2v) is 4.81. The number of thiocarbonyl (C=S) groups is 1. The van der Waals surface area contributed by atoms with E-state index in [1.54, 1.807) is 0 Å². The Bertz CT molecular complexity index is 803. The number of isothiocyanates is 1. The molecule has 3 rings (SSSR count). The molecule has 0 aliphatic heterocycles. The summed E-state index contributed by atoms with van der Waals surface area (Å²) in [5.41, 5.74) is 5.43. The molecule has 0 aromatic heterocycles. The van der Waals surface area contributed by atoms with Crippen LogP contribution in [0.25, 0.3) is 22.3 Å². The maximum absolute atomic E-state index is 4.75. The van der Waals surface area contributed by atoms with E-state index >= 15 is 0 Å². The lowest BCUT2D eigenvalue weighted by Gasteiger charge is -2.11. The fourth-order valence-corrected chi connectivity index (χ4v) is 2.53. The molecule has 3 aromatic rings. The van der Waals surface area contributed by atoms with E-state index in [-0.39, 0.29) is 0 Å². The molecule has 0 unspecified atom stereocenters. The van der Waals surface area contributed by atoms with Gasteiger partial charge in [0.2, 0.25) is 0 Å². The van der Waals surface area contributed by atoms with E-state index in [0.29, 0.717) is 0 Å². The summed E-state index contributed by atoms with van der Waals surface area (Å²) < 4.78 is 0. The minimum absolute atomic E-state index is 0.843. The lowest BCUT2D eigenvalue weighted by molar-refractivity contribution is 1.52. The number of hydrogen-bond donors (Lipinski definition) is 0. The normalized spacial score (nSPS) is 9.90. The van der Waals surface area contributed by atoms with Gasteiger partial charge in [-0.1, -0.05) is 72.8 Å². The molecule has 0 N–H and O–H groups in total. The summed E-state index contributed by atoms with van der Waals surface area (Å²) in [5, 5.41) is 2.46. The monoisotopic (exact) mass is 287 g/mol. The van der Waals surface area contributed by atoms with Gasteiger partial charge in [-0.2, -0.15) is 4.99 Å². The molecule has 0 bridgehead atoms. The second-order valence-electron chi connectivity index (χ2n) is 4.63. The van der Waals surface area contributed by atoms with Crippen LogP contribution in [-0.2, 0) is 0 Å². The minimum Gasteiger partial charge on any atom is -0.194 e. The Labute approximate surface area is 129 Å². The zero-order valence-corrected chi connectivity index (χ0v) is 12.2. The average Bonchev–Trinajstić information content (AvgIpc) is 2.57. The van der Waals surface area contributed by atoms with E-state index in [1.807, 2.05) is 42.5 Å². The fourth-order valence-electron chi connectivity index (χ4n) is 2.44. The third kappa shape index (κ3) is 2.82. The SMILES string of the molecule is S=C=Nc1ccccc1-c1ccccc1-c1ccccc1. The Balaban J connectivity index is 2.23. The van der Waals surface area contributed by atoms with Crippen molar-refractivity contribution in [2.75, 3.05) is 0 Å². The largest absolute Gasteiger partial charge is 0.194 e. The zero-order chi connectivity index (χ0) is 14.5. The predicted octanol–water partition coefficient (Wildman–Crippen LogP) is 5.75. The summed E-state index contributed by atoms with van der Waals surface area (Å²) in [6.45, 7) is 0. The maximum Gasteiger partial charge on any atom is 0.0818 e. The number of nitrogens with zero attached hydrogens (tertiary/aromatic N) is 1. The highest BCUT2D eigenvalue weighted by Crippen LogP contribution is 2.36. The summed E-state index contributed by atoms with van der Waals surface area (Å²) in [4.78, 5) is 4.18. The van der Waals surface area contributed by atoms with Crippen LogP contribution >= 0.6 is 12.2 Å². The van der Waals surface area contributed by atoms with Crippen LogP contribution in [0.5, 0.6) is 0 Å². The quantitative estimate of drug-likeness (QED) is 0.441. The van der Waals surface area contributed by atoms with Crippen LogP contribution in [0.4, 0.5) is 5.69 Å². The first-order valence-corrected chi connectivity index (χ1v) is 7.12. The van der Waals surface area contributed by atoms with Crippen molar-refractivity contribution in [1.82, 2.24) is 0 Å². The molecule has 0 spiro atoms. The van der Waals surface area contributed by atoms with Crippen molar-refractivity contribution in [1.29, 1.82) is 0 Å². The molecular formula is C19H13NS. The van der Waals surface area contributed by atoms with Crippen LogP contribution in [0.3, 0.4) is 0 Å². The van der Waals surface area contributed by atoms with Gasteiger partial charge < -0.3 is 0 Å². The Morgan fingerprint density at radius 2 is 1.19 bits per heavy atom. The van der Waals surface area contributed by atoms with Gasteiger partial charge in [-0.05, 0) is 35.0 Å². The van der Waals surface area contributed by atoms with Crippen LogP contribution in [0.2, 0.25) is 0 Å². The molecular weight excluding hydrogens is 274 g/mol. The third-order valence-electron chi connectivity index (χ3n) is 3.37. The van der Waals surface area contributed by atoms with Crippen LogP contribution in [0.1, 0.15) is 0 Å². The summed E-state index contributed by atoms with van der Waals surface area (Å²) in [5.74, 6) is 0. The molecule has 0 fully saturated rings. The first-order chi connectivity index (χ1) is 10.4. The van der Waals surface area contributed by atoms with Crippen molar-refractivity contribution in [3.8, 4) is 22.3 Å². The lowest BCUT2D eigenvalue weighted by Crippen LogP contribution is -1.85. The van der Waals surface area contributed by atoms with Gasteiger partial charge in [0, 0.05) is 5.56 Å². The minimum atomic E-state index is 0.843. The molecule has 0 amide bonds. The average molecular weight is 287 g/mol. The first-order valence-electron chi connectivity index (χ1n) is 6.72. The van der Waals surface area contributed by atoms with Gasteiger partial charge in [-0.25, -0.2) is 0 Å². The van der Waals surface area contributed by atoms with Crippen LogP contribution < -0.4 is 0 Å². The Kier molecular flexibility index (Phi) is 4.02. The number of benzene rings is 3. The molecule has 0 atom stereocenters. The van der Waals surface area contributed by atoms with E-state index < -0.39 is 0 Å². The summed E-state index contributed by atoms with van der Waals surface area (Å²) in [7, 11) is 0. The van der Waals surface area contributed by atoms with Crippen LogP contribution in [-0.4, -0.2) is 5.16 Å². The molecule has 1 nitrogen and oxygen atoms in total. The lowest BCUT2D eigenvalue weighted by atomic mass is 9.94. The van der Waals surface area contributed by atoms with Crippen LogP contribution in [0.15, 0.2) is 83.9 Å². The van der Waals surface area contributed by atoms with Crippen molar-refractivity contribution in [2.24, 2.45) is 4.99 Å². The molecule has 100 valence electrons. The molecule has 0 saturated carbocycles. The molecule has 0 heterocycles. The van der Waals surface area contributed by atoms with Crippen molar-refractivity contribution < 1.29 is 0 Å². The number of para-hydroxylation sites is 1. The molecule has 0 radical (unpaired) electrons. The summed E-state index contributed by atoms with van der Waals surface area (Å²) >= 11 is 4.75. The first kappa shape index (κ1) is 13.4. The van der Waals surface area contributed by atoms with Crippen LogP contribution in [0, 0.1) is 0 Å². The van der Waals surface area contributed by atoms with Crippen molar-refractivity contribution >= 4 is 23.1 Å². The van der Waals surface area contributed by atoms with Crippen molar-refractivity contribution in [2.45, 2.75) is 0 Å². The zero-order valence-electron chi connectivity index (χ0n) is 11.4. The van der Waals surface area contributed by atoms with Gasteiger partial charge in [0.25, 0.3) is 0 Å². The van der Waals surface area contributed by atoms with Gasteiger partial charge in [-0.3, -0.25) is 0 Å². The molecule has 21 heavy (non-hydrogen) atoms. The standard InChI is InChI=1S/C19H13NS/c21-14-20-19-13-7-6-12-18(19)17-11-5-4-10-16(17)15-8-2-1-3-9-15/h1-13H. The van der Waals surface area contributed by atoms with Gasteiger partial charge in [0.15, 0.2) is 0 Å².